The Hall–Kier alpha value is -2.74. The van der Waals surface area contributed by atoms with E-state index in [0.29, 0.717) is 11.1 Å². The van der Waals surface area contributed by atoms with E-state index < -0.39 is 16.9 Å². The van der Waals surface area contributed by atoms with E-state index in [4.69, 9.17) is 10.00 Å². The van der Waals surface area contributed by atoms with Crippen molar-refractivity contribution < 1.29 is 17.9 Å². The number of nitriles is 2. The molecule has 0 radical (unpaired) electrons. The first-order chi connectivity index (χ1) is 10.9. The average molecular weight is 329 g/mol. The summed E-state index contributed by atoms with van der Waals surface area (Å²) in [4.78, 5) is 0. The predicted octanol–water partition coefficient (Wildman–Crippen LogP) is 3.05. The second kappa shape index (κ2) is 7.01. The molecule has 7 heteroatoms. The Kier molecular flexibility index (Phi) is 5.07. The molecule has 1 atom stereocenters. The topological polar surface area (TPSA) is 96.9 Å². The molecule has 0 bridgehead atoms. The number of benzene rings is 2. The SMILES string of the molecule is Cc1c(CS(=O)[O-])ccc(Oc2cc(F)cc(C#N)c2)c1C#N. The van der Waals surface area contributed by atoms with E-state index in [0.717, 1.165) is 12.1 Å². The molecule has 23 heavy (non-hydrogen) atoms. The molecule has 2 rings (SSSR count). The summed E-state index contributed by atoms with van der Waals surface area (Å²) in [5.41, 5.74) is 1.22. The van der Waals surface area contributed by atoms with Gasteiger partial charge in [0.05, 0.1) is 17.2 Å². The maximum Gasteiger partial charge on any atom is 0.145 e. The van der Waals surface area contributed by atoms with Gasteiger partial charge in [-0.1, -0.05) is 17.1 Å². The monoisotopic (exact) mass is 329 g/mol. The molecule has 0 aliphatic carbocycles. The highest BCUT2D eigenvalue weighted by Gasteiger charge is 2.13. The highest BCUT2D eigenvalue weighted by atomic mass is 32.2. The van der Waals surface area contributed by atoms with Crippen LogP contribution in [0.1, 0.15) is 22.3 Å². The molecular weight excluding hydrogens is 319 g/mol. The van der Waals surface area contributed by atoms with Gasteiger partial charge in [-0.3, -0.25) is 4.21 Å². The number of ether oxygens (including phenoxy) is 1. The minimum atomic E-state index is -2.27. The zero-order chi connectivity index (χ0) is 17.0. The first-order valence-corrected chi connectivity index (χ1v) is 7.66. The van der Waals surface area contributed by atoms with E-state index in [1.165, 1.54) is 18.2 Å². The van der Waals surface area contributed by atoms with Crippen LogP contribution in [-0.2, 0) is 16.8 Å². The third-order valence-electron chi connectivity index (χ3n) is 3.15. The lowest BCUT2D eigenvalue weighted by molar-refractivity contribution is 0.474. The van der Waals surface area contributed by atoms with Crippen LogP contribution in [-0.4, -0.2) is 8.76 Å². The van der Waals surface area contributed by atoms with Crippen LogP contribution in [0.25, 0.3) is 0 Å². The number of halogens is 1. The van der Waals surface area contributed by atoms with E-state index in [2.05, 4.69) is 0 Å². The van der Waals surface area contributed by atoms with Gasteiger partial charge in [-0.15, -0.1) is 0 Å². The molecule has 0 fully saturated rings. The molecule has 0 amide bonds. The highest BCUT2D eigenvalue weighted by Crippen LogP contribution is 2.30. The third kappa shape index (κ3) is 3.92. The normalized spacial score (nSPS) is 11.3. The van der Waals surface area contributed by atoms with Crippen LogP contribution < -0.4 is 4.74 Å². The van der Waals surface area contributed by atoms with E-state index in [9.17, 15) is 18.4 Å². The van der Waals surface area contributed by atoms with Gasteiger partial charge >= 0.3 is 0 Å². The number of nitrogens with zero attached hydrogens (tertiary/aromatic N) is 2. The van der Waals surface area contributed by atoms with Gasteiger partial charge in [0.2, 0.25) is 0 Å². The second-order valence-corrected chi connectivity index (χ2v) is 5.57. The summed E-state index contributed by atoms with van der Waals surface area (Å²) in [5.74, 6) is -0.593. The first kappa shape index (κ1) is 16.6. The number of hydrogen-bond donors (Lipinski definition) is 0. The summed E-state index contributed by atoms with van der Waals surface area (Å²) in [6.07, 6.45) is 0. The van der Waals surface area contributed by atoms with Crippen LogP contribution in [0.15, 0.2) is 30.3 Å². The standard InChI is InChI=1S/C16H11FN2O3S/c1-10-12(9-23(20)21)2-3-16(15(10)8-19)22-14-5-11(7-18)4-13(17)6-14/h2-6H,9H2,1H3,(H,20,21)/p-1. The molecule has 5 nitrogen and oxygen atoms in total. The predicted molar refractivity (Wildman–Crippen MR) is 79.7 cm³/mol. The van der Waals surface area contributed by atoms with E-state index in [1.54, 1.807) is 6.92 Å². The van der Waals surface area contributed by atoms with Crippen molar-refractivity contribution in [1.29, 1.82) is 10.5 Å². The van der Waals surface area contributed by atoms with Gasteiger partial charge in [0.25, 0.3) is 0 Å². The second-order valence-electron chi connectivity index (χ2n) is 4.67. The molecular formula is C16H10FN2O3S-. The van der Waals surface area contributed by atoms with Crippen molar-refractivity contribution in [2.75, 3.05) is 0 Å². The van der Waals surface area contributed by atoms with Crippen LogP contribution >= 0.6 is 0 Å². The van der Waals surface area contributed by atoms with Crippen molar-refractivity contribution in [3.8, 4) is 23.6 Å². The van der Waals surface area contributed by atoms with Crippen LogP contribution in [0.2, 0.25) is 0 Å². The Bertz CT molecular complexity index is 869. The summed E-state index contributed by atoms with van der Waals surface area (Å²) in [6, 6.07) is 10.3. The summed E-state index contributed by atoms with van der Waals surface area (Å²) in [6.45, 7) is 1.61. The molecule has 1 unspecified atom stereocenters. The van der Waals surface area contributed by atoms with Gasteiger partial charge in [0.1, 0.15) is 23.4 Å². The van der Waals surface area contributed by atoms with Gasteiger partial charge < -0.3 is 9.29 Å². The average Bonchev–Trinajstić information content (AvgIpc) is 2.49. The maximum atomic E-state index is 13.4. The summed E-state index contributed by atoms with van der Waals surface area (Å²) >= 11 is -2.27. The van der Waals surface area contributed by atoms with Crippen molar-refractivity contribution in [2.45, 2.75) is 12.7 Å². The van der Waals surface area contributed by atoms with Gasteiger partial charge in [-0.25, -0.2) is 4.39 Å². The van der Waals surface area contributed by atoms with Crippen molar-refractivity contribution in [3.63, 3.8) is 0 Å². The molecule has 0 saturated heterocycles. The third-order valence-corrected chi connectivity index (χ3v) is 3.70. The lowest BCUT2D eigenvalue weighted by Crippen LogP contribution is -2.00. The van der Waals surface area contributed by atoms with Crippen LogP contribution in [0.5, 0.6) is 11.5 Å². The largest absolute Gasteiger partial charge is 0.772 e. The molecule has 0 saturated carbocycles. The molecule has 0 N–H and O–H groups in total. The Morgan fingerprint density at radius 2 is 2.00 bits per heavy atom. The lowest BCUT2D eigenvalue weighted by atomic mass is 10.0. The summed E-state index contributed by atoms with van der Waals surface area (Å²) in [5, 5.41) is 18.1. The minimum absolute atomic E-state index is 0.0811. The zero-order valence-corrected chi connectivity index (χ0v) is 12.8. The molecule has 2 aromatic carbocycles. The molecule has 2 aromatic rings. The van der Waals surface area contributed by atoms with E-state index in [-0.39, 0.29) is 28.4 Å². The van der Waals surface area contributed by atoms with Crippen molar-refractivity contribution >= 4 is 11.1 Å². The Morgan fingerprint density at radius 3 is 2.61 bits per heavy atom. The Balaban J connectivity index is 2.43. The first-order valence-electron chi connectivity index (χ1n) is 6.41. The van der Waals surface area contributed by atoms with E-state index in [1.807, 2.05) is 12.1 Å². The molecule has 0 aromatic heterocycles. The fourth-order valence-corrected chi connectivity index (χ4v) is 2.62. The number of hydrogen-bond acceptors (Lipinski definition) is 5. The molecule has 0 aliphatic rings. The highest BCUT2D eigenvalue weighted by molar-refractivity contribution is 7.78. The van der Waals surface area contributed by atoms with Gasteiger partial charge in [-0.2, -0.15) is 10.5 Å². The van der Waals surface area contributed by atoms with Crippen LogP contribution in [0, 0.1) is 35.4 Å². The van der Waals surface area contributed by atoms with Gasteiger partial charge in [0, 0.05) is 11.8 Å². The Morgan fingerprint density at radius 1 is 1.26 bits per heavy atom. The van der Waals surface area contributed by atoms with Crippen molar-refractivity contribution in [2.24, 2.45) is 0 Å². The lowest BCUT2D eigenvalue weighted by Gasteiger charge is -2.14. The van der Waals surface area contributed by atoms with Gasteiger partial charge in [-0.05, 0) is 36.2 Å². The van der Waals surface area contributed by atoms with Crippen LogP contribution in [0.3, 0.4) is 0 Å². The van der Waals surface area contributed by atoms with Gasteiger partial charge in [0.15, 0.2) is 0 Å². The zero-order valence-electron chi connectivity index (χ0n) is 12.0. The summed E-state index contributed by atoms with van der Waals surface area (Å²) in [7, 11) is 0. The molecule has 0 aliphatic heterocycles. The smallest absolute Gasteiger partial charge is 0.145 e. The van der Waals surface area contributed by atoms with Crippen LogP contribution in [0.4, 0.5) is 4.39 Å². The molecule has 0 spiro atoms. The number of rotatable bonds is 4. The summed E-state index contributed by atoms with van der Waals surface area (Å²) < 4.78 is 40.6. The minimum Gasteiger partial charge on any atom is -0.772 e. The quantitative estimate of drug-likeness (QED) is 0.803. The Labute approximate surface area is 134 Å². The molecule has 0 heterocycles. The fraction of sp³-hybridized carbons (Fsp3) is 0.125. The fourth-order valence-electron chi connectivity index (χ4n) is 2.05. The van der Waals surface area contributed by atoms with Crippen molar-refractivity contribution in [1.82, 2.24) is 0 Å². The van der Waals surface area contributed by atoms with E-state index >= 15 is 0 Å². The maximum absolute atomic E-state index is 13.4. The molecule has 116 valence electrons. The van der Waals surface area contributed by atoms with Crippen molar-refractivity contribution in [3.05, 3.63) is 58.4 Å².